The number of nitrogens with zero attached hydrogens (tertiary/aromatic N) is 2. The van der Waals surface area contributed by atoms with Gasteiger partial charge in [-0.05, 0) is 49.4 Å². The summed E-state index contributed by atoms with van der Waals surface area (Å²) in [6.07, 6.45) is 0. The second-order valence-electron chi connectivity index (χ2n) is 6.58. The van der Waals surface area contributed by atoms with Crippen LogP contribution < -0.4 is 14.8 Å². The zero-order chi connectivity index (χ0) is 20.5. The molecule has 1 amide bonds. The van der Waals surface area contributed by atoms with E-state index in [4.69, 9.17) is 9.47 Å². The Hall–Kier alpha value is -3.00. The smallest absolute Gasteiger partial charge is 0.235 e. The molecular formula is C21H20FN3O3S. The highest BCUT2D eigenvalue weighted by molar-refractivity contribution is 8.00. The summed E-state index contributed by atoms with van der Waals surface area (Å²) in [5.41, 5.74) is 3.22. The number of methoxy groups -OCH3 is 2. The molecule has 8 heteroatoms. The minimum atomic E-state index is -0.331. The van der Waals surface area contributed by atoms with Gasteiger partial charge in [-0.15, -0.1) is 11.8 Å². The molecule has 1 atom stereocenters. The summed E-state index contributed by atoms with van der Waals surface area (Å²) in [4.78, 5) is 12.5. The molecule has 0 radical (unpaired) electrons. The lowest BCUT2D eigenvalue weighted by atomic mass is 10.0. The van der Waals surface area contributed by atoms with Crippen LogP contribution in [-0.4, -0.2) is 35.7 Å². The molecule has 1 aliphatic rings. The van der Waals surface area contributed by atoms with Gasteiger partial charge in [-0.2, -0.15) is 5.10 Å². The van der Waals surface area contributed by atoms with Crippen LogP contribution in [-0.2, 0) is 4.79 Å². The number of carbonyl (C=O) groups excluding carboxylic acids is 1. The summed E-state index contributed by atoms with van der Waals surface area (Å²) in [6.45, 7) is 1.90. The Morgan fingerprint density at radius 1 is 1.17 bits per heavy atom. The number of carbonyl (C=O) groups is 1. The SMILES string of the molecule is COc1ccc(OC)c([C@@H]2SCC(=O)Nc3c2c(C)nn3-c2ccc(F)cc2)c1. The van der Waals surface area contributed by atoms with E-state index < -0.39 is 0 Å². The van der Waals surface area contributed by atoms with E-state index in [1.165, 1.54) is 23.9 Å². The van der Waals surface area contributed by atoms with Crippen molar-refractivity contribution < 1.29 is 18.7 Å². The number of halogens is 1. The second kappa shape index (κ2) is 7.79. The average molecular weight is 413 g/mol. The Balaban J connectivity index is 1.91. The molecule has 2 heterocycles. The van der Waals surface area contributed by atoms with Gasteiger partial charge in [0.25, 0.3) is 0 Å². The fourth-order valence-electron chi connectivity index (χ4n) is 3.44. The first-order chi connectivity index (χ1) is 14.0. The number of nitrogens with one attached hydrogen (secondary N) is 1. The Morgan fingerprint density at radius 3 is 2.62 bits per heavy atom. The molecule has 0 bridgehead atoms. The molecule has 0 fully saturated rings. The number of fused-ring (bicyclic) bond motifs is 1. The average Bonchev–Trinajstić information content (AvgIpc) is 2.93. The lowest BCUT2D eigenvalue weighted by molar-refractivity contribution is -0.113. The van der Waals surface area contributed by atoms with Crippen LogP contribution in [0.25, 0.3) is 5.69 Å². The summed E-state index contributed by atoms with van der Waals surface area (Å²) < 4.78 is 26.0. The number of ether oxygens (including phenoxy) is 2. The number of aryl methyl sites for hydroxylation is 1. The summed E-state index contributed by atoms with van der Waals surface area (Å²) in [6, 6.07) is 11.6. The van der Waals surface area contributed by atoms with Crippen LogP contribution in [0.1, 0.15) is 22.1 Å². The van der Waals surface area contributed by atoms with E-state index in [-0.39, 0.29) is 22.7 Å². The number of hydrogen-bond acceptors (Lipinski definition) is 5. The summed E-state index contributed by atoms with van der Waals surface area (Å²) in [5, 5.41) is 7.41. The zero-order valence-electron chi connectivity index (χ0n) is 16.2. The van der Waals surface area contributed by atoms with Crippen LogP contribution in [0, 0.1) is 12.7 Å². The van der Waals surface area contributed by atoms with Gasteiger partial charge < -0.3 is 14.8 Å². The van der Waals surface area contributed by atoms with E-state index >= 15 is 0 Å². The Bertz CT molecular complexity index is 1070. The van der Waals surface area contributed by atoms with E-state index in [2.05, 4.69) is 10.4 Å². The number of thioether (sulfide) groups is 1. The number of benzene rings is 2. The highest BCUT2D eigenvalue weighted by Crippen LogP contribution is 2.47. The molecule has 1 aliphatic heterocycles. The van der Waals surface area contributed by atoms with E-state index in [1.807, 2.05) is 25.1 Å². The van der Waals surface area contributed by atoms with Crippen LogP contribution in [0.5, 0.6) is 11.5 Å². The third-order valence-electron chi connectivity index (χ3n) is 4.80. The lowest BCUT2D eigenvalue weighted by Crippen LogP contribution is -2.15. The van der Waals surface area contributed by atoms with Crippen molar-refractivity contribution in [2.75, 3.05) is 25.3 Å². The fraction of sp³-hybridized carbons (Fsp3) is 0.238. The van der Waals surface area contributed by atoms with Crippen LogP contribution in [0.2, 0.25) is 0 Å². The van der Waals surface area contributed by atoms with Crippen molar-refractivity contribution in [1.29, 1.82) is 0 Å². The highest BCUT2D eigenvalue weighted by atomic mass is 32.2. The molecule has 0 aliphatic carbocycles. The minimum Gasteiger partial charge on any atom is -0.497 e. The molecule has 1 aromatic heterocycles. The maximum atomic E-state index is 13.4. The quantitative estimate of drug-likeness (QED) is 0.697. The molecule has 29 heavy (non-hydrogen) atoms. The summed E-state index contributed by atoms with van der Waals surface area (Å²) in [5.74, 6) is 1.82. The third kappa shape index (κ3) is 3.55. The summed E-state index contributed by atoms with van der Waals surface area (Å²) >= 11 is 1.50. The number of hydrogen-bond donors (Lipinski definition) is 1. The van der Waals surface area contributed by atoms with Crippen molar-refractivity contribution in [2.24, 2.45) is 0 Å². The van der Waals surface area contributed by atoms with Gasteiger partial charge in [0.15, 0.2) is 0 Å². The van der Waals surface area contributed by atoms with Gasteiger partial charge in [-0.1, -0.05) is 0 Å². The van der Waals surface area contributed by atoms with E-state index in [0.29, 0.717) is 23.0 Å². The van der Waals surface area contributed by atoms with Crippen LogP contribution >= 0.6 is 11.8 Å². The van der Waals surface area contributed by atoms with Gasteiger partial charge in [-0.3, -0.25) is 4.79 Å². The van der Waals surface area contributed by atoms with Crippen LogP contribution in [0.3, 0.4) is 0 Å². The number of anilines is 1. The first kappa shape index (κ1) is 19.3. The molecular weight excluding hydrogens is 393 g/mol. The first-order valence-electron chi connectivity index (χ1n) is 9.00. The molecule has 3 aromatic rings. The molecule has 0 unspecified atom stereocenters. The maximum Gasteiger partial charge on any atom is 0.235 e. The first-order valence-corrected chi connectivity index (χ1v) is 10.1. The van der Waals surface area contributed by atoms with Crippen molar-refractivity contribution in [2.45, 2.75) is 12.2 Å². The van der Waals surface area contributed by atoms with Crippen LogP contribution in [0.15, 0.2) is 42.5 Å². The lowest BCUT2D eigenvalue weighted by Gasteiger charge is -2.19. The van der Waals surface area contributed by atoms with Crippen molar-refractivity contribution in [1.82, 2.24) is 9.78 Å². The predicted octanol–water partition coefficient (Wildman–Crippen LogP) is 4.11. The number of rotatable bonds is 4. The second-order valence-corrected chi connectivity index (χ2v) is 7.68. The summed E-state index contributed by atoms with van der Waals surface area (Å²) in [7, 11) is 3.23. The van der Waals surface area contributed by atoms with Gasteiger partial charge >= 0.3 is 0 Å². The van der Waals surface area contributed by atoms with E-state index in [0.717, 1.165) is 16.8 Å². The van der Waals surface area contributed by atoms with Gasteiger partial charge in [0, 0.05) is 11.1 Å². The Labute approximate surface area is 172 Å². The standard InChI is InChI=1S/C21H20FN3O3S/c1-12-19-20(16-10-15(27-2)8-9-17(16)28-3)29-11-18(26)23-21(19)25(24-12)14-6-4-13(22)5-7-14/h4-10,20H,11H2,1-3H3,(H,23,26)/t20-/m0/s1. The van der Waals surface area contributed by atoms with Crippen molar-refractivity contribution in [3.8, 4) is 17.2 Å². The highest BCUT2D eigenvalue weighted by Gasteiger charge is 2.32. The van der Waals surface area contributed by atoms with Crippen molar-refractivity contribution >= 4 is 23.5 Å². The largest absolute Gasteiger partial charge is 0.497 e. The molecule has 0 spiro atoms. The minimum absolute atomic E-state index is 0.121. The van der Waals surface area contributed by atoms with Gasteiger partial charge in [0.2, 0.25) is 5.91 Å². The molecule has 4 rings (SSSR count). The molecule has 2 aromatic carbocycles. The van der Waals surface area contributed by atoms with E-state index in [1.54, 1.807) is 31.0 Å². The Kier molecular flexibility index (Phi) is 5.19. The molecule has 0 saturated carbocycles. The van der Waals surface area contributed by atoms with E-state index in [9.17, 15) is 9.18 Å². The number of amides is 1. The number of aromatic nitrogens is 2. The molecule has 0 saturated heterocycles. The molecule has 150 valence electrons. The fourth-order valence-corrected chi connectivity index (χ4v) is 4.65. The van der Waals surface area contributed by atoms with Crippen LogP contribution in [0.4, 0.5) is 10.2 Å². The molecule has 1 N–H and O–H groups in total. The molecule has 6 nitrogen and oxygen atoms in total. The zero-order valence-corrected chi connectivity index (χ0v) is 17.0. The monoisotopic (exact) mass is 413 g/mol. The van der Waals surface area contributed by atoms with Crippen molar-refractivity contribution in [3.63, 3.8) is 0 Å². The Morgan fingerprint density at radius 2 is 1.93 bits per heavy atom. The predicted molar refractivity (Wildman–Crippen MR) is 111 cm³/mol. The van der Waals surface area contributed by atoms with Gasteiger partial charge in [-0.25, -0.2) is 9.07 Å². The van der Waals surface area contributed by atoms with Gasteiger partial charge in [0.05, 0.1) is 36.6 Å². The third-order valence-corrected chi connectivity index (χ3v) is 6.05. The normalized spacial score (nSPS) is 16.0. The topological polar surface area (TPSA) is 65.4 Å². The maximum absolute atomic E-state index is 13.4. The van der Waals surface area contributed by atoms with Gasteiger partial charge in [0.1, 0.15) is 23.1 Å². The van der Waals surface area contributed by atoms with Crippen molar-refractivity contribution in [3.05, 3.63) is 65.1 Å².